The summed E-state index contributed by atoms with van der Waals surface area (Å²) < 4.78 is 10.8. The van der Waals surface area contributed by atoms with Crippen LogP contribution in [0.1, 0.15) is 37.2 Å². The molecule has 0 aliphatic carbocycles. The molecule has 0 amide bonds. The monoisotopic (exact) mass is 277 g/mol. The standard InChI is InChI=1S/C17H27NO2/c1-19-13-11-18-14-16(15-6-3-2-4-7-15)9-10-17-8-5-12-20-17/h2-4,6-7,16-18H,5,8-14H2,1H3. The van der Waals surface area contributed by atoms with Gasteiger partial charge in [-0.25, -0.2) is 0 Å². The molecule has 20 heavy (non-hydrogen) atoms. The third-order valence-corrected chi connectivity index (χ3v) is 4.01. The lowest BCUT2D eigenvalue weighted by atomic mass is 9.92. The highest BCUT2D eigenvalue weighted by Crippen LogP contribution is 2.25. The number of benzene rings is 1. The number of methoxy groups -OCH3 is 1. The molecule has 2 rings (SSSR count). The Bertz CT molecular complexity index is 349. The average molecular weight is 277 g/mol. The zero-order valence-electron chi connectivity index (χ0n) is 12.5. The van der Waals surface area contributed by atoms with E-state index in [-0.39, 0.29) is 0 Å². The van der Waals surface area contributed by atoms with Gasteiger partial charge in [-0.3, -0.25) is 0 Å². The minimum atomic E-state index is 0.486. The first-order chi connectivity index (χ1) is 9.90. The quantitative estimate of drug-likeness (QED) is 0.704. The Balaban J connectivity index is 1.82. The first-order valence-corrected chi connectivity index (χ1v) is 7.76. The van der Waals surface area contributed by atoms with Crippen LogP contribution in [0.2, 0.25) is 0 Å². The average Bonchev–Trinajstić information content (AvgIpc) is 3.01. The molecule has 0 spiro atoms. The number of rotatable bonds is 9. The zero-order chi connectivity index (χ0) is 14.0. The molecule has 2 atom stereocenters. The number of hydrogen-bond acceptors (Lipinski definition) is 3. The van der Waals surface area contributed by atoms with E-state index in [4.69, 9.17) is 9.47 Å². The van der Waals surface area contributed by atoms with E-state index in [1.54, 1.807) is 7.11 Å². The molecular weight excluding hydrogens is 250 g/mol. The third kappa shape index (κ3) is 5.23. The summed E-state index contributed by atoms with van der Waals surface area (Å²) in [6, 6.07) is 10.8. The number of nitrogens with one attached hydrogen (secondary N) is 1. The Labute approximate surface area is 122 Å². The Morgan fingerprint density at radius 3 is 2.90 bits per heavy atom. The molecule has 0 aromatic heterocycles. The van der Waals surface area contributed by atoms with Gasteiger partial charge in [0.25, 0.3) is 0 Å². The SMILES string of the molecule is COCCNCC(CCC1CCCO1)c1ccccc1. The molecule has 1 heterocycles. The van der Waals surface area contributed by atoms with Crippen molar-refractivity contribution in [2.45, 2.75) is 37.7 Å². The maximum absolute atomic E-state index is 5.74. The fourth-order valence-corrected chi connectivity index (χ4v) is 2.82. The molecule has 1 aromatic carbocycles. The number of ether oxygens (including phenoxy) is 2. The fourth-order valence-electron chi connectivity index (χ4n) is 2.82. The van der Waals surface area contributed by atoms with Crippen molar-refractivity contribution in [3.63, 3.8) is 0 Å². The summed E-state index contributed by atoms with van der Waals surface area (Å²) in [5.74, 6) is 0.567. The smallest absolute Gasteiger partial charge is 0.0587 e. The summed E-state index contributed by atoms with van der Waals surface area (Å²) in [5.41, 5.74) is 1.43. The van der Waals surface area contributed by atoms with E-state index in [2.05, 4.69) is 35.6 Å². The molecule has 1 aliphatic rings. The van der Waals surface area contributed by atoms with E-state index >= 15 is 0 Å². The molecule has 0 bridgehead atoms. The van der Waals surface area contributed by atoms with Crippen molar-refractivity contribution in [2.75, 3.05) is 33.4 Å². The largest absolute Gasteiger partial charge is 0.383 e. The predicted octanol–water partition coefficient (Wildman–Crippen LogP) is 2.97. The van der Waals surface area contributed by atoms with Crippen LogP contribution < -0.4 is 5.32 Å². The second-order valence-corrected chi connectivity index (χ2v) is 5.52. The molecule has 3 nitrogen and oxygen atoms in total. The van der Waals surface area contributed by atoms with Crippen LogP contribution in [0, 0.1) is 0 Å². The van der Waals surface area contributed by atoms with Crippen LogP contribution in [0.3, 0.4) is 0 Å². The van der Waals surface area contributed by atoms with Crippen LogP contribution in [0.25, 0.3) is 0 Å². The van der Waals surface area contributed by atoms with Crippen molar-refractivity contribution in [3.05, 3.63) is 35.9 Å². The molecule has 112 valence electrons. The van der Waals surface area contributed by atoms with Crippen LogP contribution in [-0.4, -0.2) is 39.5 Å². The second kappa shape index (κ2) is 9.11. The van der Waals surface area contributed by atoms with E-state index in [9.17, 15) is 0 Å². The molecule has 0 radical (unpaired) electrons. The summed E-state index contributed by atoms with van der Waals surface area (Å²) in [7, 11) is 1.74. The van der Waals surface area contributed by atoms with Gasteiger partial charge < -0.3 is 14.8 Å². The van der Waals surface area contributed by atoms with Gasteiger partial charge in [0.1, 0.15) is 0 Å². The van der Waals surface area contributed by atoms with E-state index in [0.29, 0.717) is 12.0 Å². The molecule has 1 aromatic rings. The van der Waals surface area contributed by atoms with Gasteiger partial charge in [-0.2, -0.15) is 0 Å². The van der Waals surface area contributed by atoms with Crippen molar-refractivity contribution in [2.24, 2.45) is 0 Å². The summed E-state index contributed by atoms with van der Waals surface area (Å²) >= 11 is 0. The normalized spacial score (nSPS) is 20.1. The van der Waals surface area contributed by atoms with Crippen molar-refractivity contribution < 1.29 is 9.47 Å². The Morgan fingerprint density at radius 2 is 2.20 bits per heavy atom. The maximum atomic E-state index is 5.74. The Morgan fingerprint density at radius 1 is 1.35 bits per heavy atom. The van der Waals surface area contributed by atoms with Crippen LogP contribution in [-0.2, 0) is 9.47 Å². The number of hydrogen-bond donors (Lipinski definition) is 1. The molecule has 1 saturated heterocycles. The van der Waals surface area contributed by atoms with Gasteiger partial charge in [0, 0.05) is 26.8 Å². The molecule has 1 N–H and O–H groups in total. The van der Waals surface area contributed by atoms with Crippen molar-refractivity contribution in [1.82, 2.24) is 5.32 Å². The van der Waals surface area contributed by atoms with Gasteiger partial charge >= 0.3 is 0 Å². The van der Waals surface area contributed by atoms with Gasteiger partial charge in [0.2, 0.25) is 0 Å². The molecule has 2 unspecified atom stereocenters. The van der Waals surface area contributed by atoms with E-state index in [1.807, 2.05) is 0 Å². The van der Waals surface area contributed by atoms with Crippen LogP contribution in [0.5, 0.6) is 0 Å². The lowest BCUT2D eigenvalue weighted by molar-refractivity contribution is 0.100. The first-order valence-electron chi connectivity index (χ1n) is 7.76. The van der Waals surface area contributed by atoms with E-state index in [1.165, 1.54) is 31.2 Å². The molecular formula is C17H27NO2. The summed E-state index contributed by atoms with van der Waals surface area (Å²) in [6.45, 7) is 3.65. The molecule has 0 saturated carbocycles. The minimum absolute atomic E-state index is 0.486. The van der Waals surface area contributed by atoms with Gasteiger partial charge in [-0.05, 0) is 37.2 Å². The van der Waals surface area contributed by atoms with Crippen LogP contribution in [0.4, 0.5) is 0 Å². The topological polar surface area (TPSA) is 30.5 Å². The highest BCUT2D eigenvalue weighted by Gasteiger charge is 2.18. The summed E-state index contributed by atoms with van der Waals surface area (Å²) in [4.78, 5) is 0. The van der Waals surface area contributed by atoms with Gasteiger partial charge in [-0.1, -0.05) is 30.3 Å². The second-order valence-electron chi connectivity index (χ2n) is 5.52. The zero-order valence-corrected chi connectivity index (χ0v) is 12.5. The summed E-state index contributed by atoms with van der Waals surface area (Å²) in [6.07, 6.45) is 5.31. The van der Waals surface area contributed by atoms with Crippen molar-refractivity contribution in [3.8, 4) is 0 Å². The van der Waals surface area contributed by atoms with E-state index in [0.717, 1.165) is 26.3 Å². The first kappa shape index (κ1) is 15.5. The molecule has 1 aliphatic heterocycles. The maximum Gasteiger partial charge on any atom is 0.0587 e. The van der Waals surface area contributed by atoms with Crippen LogP contribution >= 0.6 is 0 Å². The van der Waals surface area contributed by atoms with Crippen molar-refractivity contribution in [1.29, 1.82) is 0 Å². The molecule has 1 fully saturated rings. The highest BCUT2D eigenvalue weighted by molar-refractivity contribution is 5.19. The fraction of sp³-hybridized carbons (Fsp3) is 0.647. The summed E-state index contributed by atoms with van der Waals surface area (Å²) in [5, 5.41) is 3.49. The minimum Gasteiger partial charge on any atom is -0.383 e. The van der Waals surface area contributed by atoms with Crippen molar-refractivity contribution >= 4 is 0 Å². The third-order valence-electron chi connectivity index (χ3n) is 4.01. The Kier molecular flexibility index (Phi) is 7.06. The lowest BCUT2D eigenvalue weighted by Crippen LogP contribution is -2.25. The predicted molar refractivity (Wildman–Crippen MR) is 82.1 cm³/mol. The molecule has 3 heteroatoms. The van der Waals surface area contributed by atoms with Crippen LogP contribution in [0.15, 0.2) is 30.3 Å². The Hall–Kier alpha value is -0.900. The van der Waals surface area contributed by atoms with Gasteiger partial charge in [0.05, 0.1) is 12.7 Å². The lowest BCUT2D eigenvalue weighted by Gasteiger charge is -2.20. The highest BCUT2D eigenvalue weighted by atomic mass is 16.5. The van der Waals surface area contributed by atoms with Gasteiger partial charge in [0.15, 0.2) is 0 Å². The van der Waals surface area contributed by atoms with E-state index < -0.39 is 0 Å². The van der Waals surface area contributed by atoms with Gasteiger partial charge in [-0.15, -0.1) is 0 Å².